The number of nitrogens with zero attached hydrogens (tertiary/aromatic N) is 3. The number of fused-ring (bicyclic) bond motifs is 7. The lowest BCUT2D eigenvalue weighted by Crippen LogP contribution is -2.28. The molecule has 0 aliphatic heterocycles. The Morgan fingerprint density at radius 1 is 0.297 bits per heavy atom. The summed E-state index contributed by atoms with van der Waals surface area (Å²) < 4.78 is 2.47. The minimum atomic E-state index is -0.555. The fourth-order valence-electron chi connectivity index (χ4n) is 12.0. The van der Waals surface area contributed by atoms with Crippen molar-refractivity contribution in [1.29, 1.82) is 0 Å². The molecule has 0 unspecified atom stereocenters. The molecule has 12 aromatic carbocycles. The van der Waals surface area contributed by atoms with Crippen molar-refractivity contribution >= 4 is 66.7 Å². The number of aromatic nitrogens is 1. The highest BCUT2D eigenvalue weighted by Gasteiger charge is 2.46. The lowest BCUT2D eigenvalue weighted by atomic mass is 9.67. The van der Waals surface area contributed by atoms with Crippen LogP contribution >= 0.6 is 0 Å². The van der Waals surface area contributed by atoms with E-state index in [2.05, 4.69) is 312 Å². The molecule has 0 radical (unpaired) electrons. The maximum absolute atomic E-state index is 2.47. The molecule has 0 N–H and O–H groups in total. The van der Waals surface area contributed by atoms with Gasteiger partial charge in [0.05, 0.1) is 27.8 Å². The largest absolute Gasteiger partial charge is 0.310 e. The first kappa shape index (κ1) is 43.1. The summed E-state index contributed by atoms with van der Waals surface area (Å²) in [6, 6.07) is 109. The second kappa shape index (κ2) is 17.9. The zero-order chi connectivity index (χ0) is 49.0. The topological polar surface area (TPSA) is 11.4 Å². The Labute approximate surface area is 431 Å². The smallest absolute Gasteiger partial charge is 0.0713 e. The van der Waals surface area contributed by atoms with Crippen molar-refractivity contribution in [3.8, 4) is 27.9 Å². The van der Waals surface area contributed by atoms with Crippen molar-refractivity contribution in [1.82, 2.24) is 4.57 Å². The van der Waals surface area contributed by atoms with Gasteiger partial charge in [0.2, 0.25) is 0 Å². The van der Waals surface area contributed by atoms with E-state index in [0.29, 0.717) is 0 Å². The van der Waals surface area contributed by atoms with Gasteiger partial charge in [-0.15, -0.1) is 0 Å². The van der Waals surface area contributed by atoms with Crippen molar-refractivity contribution in [2.75, 3.05) is 9.80 Å². The third-order valence-electron chi connectivity index (χ3n) is 15.1. The van der Waals surface area contributed by atoms with E-state index >= 15 is 0 Å². The lowest BCUT2D eigenvalue weighted by Gasteiger charge is -2.34. The maximum atomic E-state index is 2.47. The Bertz CT molecular complexity index is 4090. The maximum Gasteiger partial charge on any atom is 0.0713 e. The van der Waals surface area contributed by atoms with E-state index in [1.54, 1.807) is 0 Å². The van der Waals surface area contributed by atoms with Crippen LogP contribution in [0.15, 0.2) is 297 Å². The van der Waals surface area contributed by atoms with Crippen LogP contribution in [0, 0.1) is 0 Å². The van der Waals surface area contributed by atoms with E-state index in [1.807, 2.05) is 0 Å². The fraction of sp³-hybridized carbons (Fsp3) is 0.0141. The van der Waals surface area contributed by atoms with Crippen molar-refractivity contribution in [3.63, 3.8) is 0 Å². The first-order valence-electron chi connectivity index (χ1n) is 25.5. The van der Waals surface area contributed by atoms with E-state index in [-0.39, 0.29) is 0 Å². The first-order valence-corrected chi connectivity index (χ1v) is 25.5. The minimum Gasteiger partial charge on any atom is -0.310 e. The normalized spacial score (nSPS) is 12.4. The van der Waals surface area contributed by atoms with Crippen LogP contribution in [-0.2, 0) is 5.41 Å². The molecule has 1 aliphatic carbocycles. The van der Waals surface area contributed by atoms with Gasteiger partial charge in [0.1, 0.15) is 0 Å². The summed E-state index contributed by atoms with van der Waals surface area (Å²) in [4.78, 5) is 4.90. The molecule has 3 nitrogen and oxygen atoms in total. The molecule has 0 atom stereocenters. The van der Waals surface area contributed by atoms with Gasteiger partial charge in [-0.1, -0.05) is 206 Å². The van der Waals surface area contributed by atoms with Crippen LogP contribution in [0.25, 0.3) is 60.5 Å². The van der Waals surface area contributed by atoms with E-state index in [9.17, 15) is 0 Å². The molecule has 0 spiro atoms. The van der Waals surface area contributed by atoms with Gasteiger partial charge in [-0.3, -0.25) is 0 Å². The van der Waals surface area contributed by atoms with Crippen LogP contribution in [0.1, 0.15) is 22.3 Å². The lowest BCUT2D eigenvalue weighted by molar-refractivity contribution is 0.769. The summed E-state index contributed by atoms with van der Waals surface area (Å²) in [5.74, 6) is 0. The van der Waals surface area contributed by atoms with E-state index in [4.69, 9.17) is 0 Å². The van der Waals surface area contributed by atoms with Crippen LogP contribution < -0.4 is 9.80 Å². The van der Waals surface area contributed by atoms with Crippen LogP contribution in [0.3, 0.4) is 0 Å². The molecular weight excluding hydrogens is 895 g/mol. The summed E-state index contributed by atoms with van der Waals surface area (Å²) in [6.45, 7) is 0. The third kappa shape index (κ3) is 6.97. The Hall–Kier alpha value is -9.70. The molecular formula is C71H49N3. The molecule has 1 heterocycles. The fourth-order valence-corrected chi connectivity index (χ4v) is 12.0. The Morgan fingerprint density at radius 3 is 1.45 bits per heavy atom. The Morgan fingerprint density at radius 2 is 0.811 bits per heavy atom. The number of hydrogen-bond donors (Lipinski definition) is 0. The summed E-state index contributed by atoms with van der Waals surface area (Å²) in [6.07, 6.45) is 0. The molecule has 74 heavy (non-hydrogen) atoms. The van der Waals surface area contributed by atoms with Gasteiger partial charge < -0.3 is 14.4 Å². The molecule has 0 bridgehead atoms. The standard InChI is InChI=1S/C71H49N3/c1-7-24-50(25-8-1)51-28-23-39-59(44-51)74-67-41-22-21-40-62(67)70-68(73(57-35-15-5-16-36-57)58-37-17-6-18-38-58)48-61(49-69(70)74)72(56-33-13-4-14-34-56)60-42-43-65-64(47-60)63-45-52-26-19-20-27-53(52)46-66(63)71(65,54-29-9-2-10-30-54)55-31-11-3-12-32-55/h1-49H. The number of rotatable bonds is 10. The minimum absolute atomic E-state index is 0.555. The first-order chi connectivity index (χ1) is 36.7. The number of anilines is 6. The molecule has 3 heteroatoms. The van der Waals surface area contributed by atoms with Crippen molar-refractivity contribution in [3.05, 3.63) is 320 Å². The number of benzene rings is 12. The van der Waals surface area contributed by atoms with Crippen LogP contribution in [0.4, 0.5) is 34.1 Å². The van der Waals surface area contributed by atoms with Gasteiger partial charge >= 0.3 is 0 Å². The molecule has 348 valence electrons. The number of hydrogen-bond acceptors (Lipinski definition) is 2. The number of para-hydroxylation sites is 4. The third-order valence-corrected chi connectivity index (χ3v) is 15.1. The van der Waals surface area contributed by atoms with Crippen molar-refractivity contribution in [2.45, 2.75) is 5.41 Å². The van der Waals surface area contributed by atoms with Gasteiger partial charge in [-0.05, 0) is 146 Å². The summed E-state index contributed by atoms with van der Waals surface area (Å²) >= 11 is 0. The zero-order valence-corrected chi connectivity index (χ0v) is 40.6. The highest BCUT2D eigenvalue weighted by Crippen LogP contribution is 2.58. The van der Waals surface area contributed by atoms with Gasteiger partial charge in [-0.2, -0.15) is 0 Å². The molecule has 0 fully saturated rings. The second-order valence-electron chi connectivity index (χ2n) is 19.3. The van der Waals surface area contributed by atoms with Crippen molar-refractivity contribution in [2.24, 2.45) is 0 Å². The molecule has 1 aliphatic rings. The highest BCUT2D eigenvalue weighted by molar-refractivity contribution is 6.18. The Kier molecular flexibility index (Phi) is 10.4. The zero-order valence-electron chi connectivity index (χ0n) is 40.6. The van der Waals surface area contributed by atoms with Gasteiger partial charge in [0, 0.05) is 39.2 Å². The predicted octanol–water partition coefficient (Wildman–Crippen LogP) is 18.9. The average Bonchev–Trinajstić information content (AvgIpc) is 4.04. The summed E-state index contributed by atoms with van der Waals surface area (Å²) in [5, 5.41) is 4.80. The molecule has 13 aromatic rings. The van der Waals surface area contributed by atoms with E-state index in [1.165, 1.54) is 66.1 Å². The quantitative estimate of drug-likeness (QED) is 0.135. The van der Waals surface area contributed by atoms with Gasteiger partial charge in [0.15, 0.2) is 0 Å². The van der Waals surface area contributed by atoms with Crippen LogP contribution in [-0.4, -0.2) is 4.57 Å². The average molecular weight is 944 g/mol. The highest BCUT2D eigenvalue weighted by atomic mass is 15.2. The molecule has 0 saturated heterocycles. The predicted molar refractivity (Wildman–Crippen MR) is 310 cm³/mol. The van der Waals surface area contributed by atoms with Gasteiger partial charge in [0.25, 0.3) is 0 Å². The van der Waals surface area contributed by atoms with Crippen molar-refractivity contribution < 1.29 is 0 Å². The van der Waals surface area contributed by atoms with Crippen LogP contribution in [0.5, 0.6) is 0 Å². The molecule has 1 aromatic heterocycles. The monoisotopic (exact) mass is 943 g/mol. The van der Waals surface area contributed by atoms with E-state index < -0.39 is 5.41 Å². The summed E-state index contributed by atoms with van der Waals surface area (Å²) in [7, 11) is 0. The molecule has 0 amide bonds. The Balaban J connectivity index is 1.08. The SMILES string of the molecule is c1ccc(-c2cccc(-n3c4ccccc4c4c(N(c5ccccc5)c5ccccc5)cc(N(c5ccccc5)c5ccc6c(c5)-c5cc7ccccc7cc5C6(c5ccccc5)c5ccccc5)cc43)c2)cc1. The van der Waals surface area contributed by atoms with Crippen LogP contribution in [0.2, 0.25) is 0 Å². The van der Waals surface area contributed by atoms with Gasteiger partial charge in [-0.25, -0.2) is 0 Å². The molecule has 14 rings (SSSR count). The second-order valence-corrected chi connectivity index (χ2v) is 19.3. The van der Waals surface area contributed by atoms with E-state index in [0.717, 1.165) is 50.8 Å². The summed E-state index contributed by atoms with van der Waals surface area (Å²) in [5.41, 5.74) is 19.0. The molecule has 0 saturated carbocycles.